The number of likely N-dealkylation sites (N-methyl/N-ethyl adjacent to an activating group) is 1. The first kappa shape index (κ1) is 13.1. The first-order chi connectivity index (χ1) is 8.74. The Morgan fingerprint density at radius 1 is 1.22 bits per heavy atom. The number of hydrogen-bond donors (Lipinski definition) is 1. The summed E-state index contributed by atoms with van der Waals surface area (Å²) in [4.78, 5) is 3.64. The first-order valence-corrected chi connectivity index (χ1v) is 6.82. The van der Waals surface area contributed by atoms with Gasteiger partial charge >= 0.3 is 0 Å². The fourth-order valence-corrected chi connectivity index (χ4v) is 2.49. The summed E-state index contributed by atoms with van der Waals surface area (Å²) in [5.41, 5.74) is 0.959. The molecule has 0 bridgehead atoms. The van der Waals surface area contributed by atoms with Crippen molar-refractivity contribution in [3.8, 4) is 0 Å². The van der Waals surface area contributed by atoms with Crippen LogP contribution in [0.3, 0.4) is 0 Å². The summed E-state index contributed by atoms with van der Waals surface area (Å²) in [6.45, 7) is 2.78. The average Bonchev–Trinajstić information content (AvgIpc) is 2.84. The van der Waals surface area contributed by atoms with Crippen molar-refractivity contribution in [3.63, 3.8) is 0 Å². The number of hydrogen-bond acceptors (Lipinski definition) is 3. The Labute approximate surface area is 111 Å². The van der Waals surface area contributed by atoms with E-state index < -0.39 is 0 Å². The maximum absolute atomic E-state index is 12.7. The molecule has 2 aromatic rings. The van der Waals surface area contributed by atoms with Crippen LogP contribution in [0.4, 0.5) is 10.1 Å². The van der Waals surface area contributed by atoms with Crippen LogP contribution in [0.2, 0.25) is 0 Å². The van der Waals surface area contributed by atoms with Gasteiger partial charge in [0.2, 0.25) is 0 Å². The summed E-state index contributed by atoms with van der Waals surface area (Å²) >= 11 is 1.78. The lowest BCUT2D eigenvalue weighted by Crippen LogP contribution is -2.24. The van der Waals surface area contributed by atoms with Crippen LogP contribution in [0, 0.1) is 5.82 Å². The first-order valence-electron chi connectivity index (χ1n) is 5.94. The summed E-state index contributed by atoms with van der Waals surface area (Å²) in [5, 5.41) is 5.37. The number of nitrogens with zero attached hydrogens (tertiary/aromatic N) is 1. The second kappa shape index (κ2) is 6.52. The van der Waals surface area contributed by atoms with Gasteiger partial charge in [-0.25, -0.2) is 4.39 Å². The van der Waals surface area contributed by atoms with E-state index in [-0.39, 0.29) is 5.82 Å². The summed E-state index contributed by atoms with van der Waals surface area (Å²) < 4.78 is 12.7. The molecular weight excluding hydrogens is 247 g/mol. The van der Waals surface area contributed by atoms with E-state index in [1.54, 1.807) is 23.5 Å². The Bertz CT molecular complexity index is 453. The molecule has 1 aromatic heterocycles. The van der Waals surface area contributed by atoms with Crippen molar-refractivity contribution in [1.29, 1.82) is 0 Å². The quantitative estimate of drug-likeness (QED) is 0.860. The van der Waals surface area contributed by atoms with Crippen LogP contribution >= 0.6 is 11.3 Å². The molecule has 96 valence electrons. The van der Waals surface area contributed by atoms with Gasteiger partial charge in [-0.1, -0.05) is 6.07 Å². The van der Waals surface area contributed by atoms with Crippen molar-refractivity contribution in [3.05, 3.63) is 52.5 Å². The molecule has 0 radical (unpaired) electrons. The lowest BCUT2D eigenvalue weighted by molar-refractivity contribution is 0.343. The lowest BCUT2D eigenvalue weighted by atomic mass is 10.3. The van der Waals surface area contributed by atoms with Gasteiger partial charge in [-0.15, -0.1) is 11.3 Å². The Kier molecular flexibility index (Phi) is 4.73. The molecule has 1 N–H and O–H groups in total. The van der Waals surface area contributed by atoms with Crippen LogP contribution < -0.4 is 5.32 Å². The zero-order valence-corrected chi connectivity index (χ0v) is 11.2. The minimum absolute atomic E-state index is 0.199. The number of rotatable bonds is 6. The predicted molar refractivity (Wildman–Crippen MR) is 75.5 cm³/mol. The van der Waals surface area contributed by atoms with E-state index in [0.717, 1.165) is 25.3 Å². The molecule has 0 aliphatic carbocycles. The smallest absolute Gasteiger partial charge is 0.123 e. The van der Waals surface area contributed by atoms with E-state index in [2.05, 4.69) is 34.8 Å². The molecule has 0 spiro atoms. The van der Waals surface area contributed by atoms with E-state index in [0.29, 0.717) is 0 Å². The molecule has 18 heavy (non-hydrogen) atoms. The monoisotopic (exact) mass is 264 g/mol. The van der Waals surface area contributed by atoms with Crippen LogP contribution in [0.1, 0.15) is 4.88 Å². The molecule has 2 nitrogen and oxygen atoms in total. The molecule has 0 fully saturated rings. The van der Waals surface area contributed by atoms with Gasteiger partial charge in [0, 0.05) is 30.2 Å². The van der Waals surface area contributed by atoms with Crippen molar-refractivity contribution in [1.82, 2.24) is 4.90 Å². The number of anilines is 1. The molecule has 2 rings (SSSR count). The van der Waals surface area contributed by atoms with Gasteiger partial charge in [0.25, 0.3) is 0 Å². The number of halogens is 1. The third kappa shape index (κ3) is 4.13. The number of thiophene rings is 1. The minimum atomic E-state index is -0.199. The van der Waals surface area contributed by atoms with Gasteiger partial charge in [-0.2, -0.15) is 0 Å². The molecule has 0 aliphatic heterocycles. The molecular formula is C14H17FN2S. The van der Waals surface area contributed by atoms with Crippen molar-refractivity contribution in [2.24, 2.45) is 0 Å². The maximum atomic E-state index is 12.7. The third-order valence-electron chi connectivity index (χ3n) is 2.67. The van der Waals surface area contributed by atoms with Crippen LogP contribution in [0.5, 0.6) is 0 Å². The zero-order valence-electron chi connectivity index (χ0n) is 10.4. The van der Waals surface area contributed by atoms with E-state index in [1.165, 1.54) is 17.0 Å². The Morgan fingerprint density at radius 2 is 2.00 bits per heavy atom. The van der Waals surface area contributed by atoms with E-state index in [1.807, 2.05) is 0 Å². The SMILES string of the molecule is CN(CCNc1ccc(F)cc1)Cc1cccs1. The molecule has 0 unspecified atom stereocenters. The van der Waals surface area contributed by atoms with E-state index in [4.69, 9.17) is 0 Å². The average molecular weight is 264 g/mol. The molecule has 0 saturated heterocycles. The van der Waals surface area contributed by atoms with E-state index in [9.17, 15) is 4.39 Å². The van der Waals surface area contributed by atoms with Crippen LogP contribution in [-0.2, 0) is 6.54 Å². The summed E-state index contributed by atoms with van der Waals surface area (Å²) in [5.74, 6) is -0.199. The second-order valence-electron chi connectivity index (χ2n) is 4.25. The van der Waals surface area contributed by atoms with Gasteiger partial charge < -0.3 is 5.32 Å². The summed E-state index contributed by atoms with van der Waals surface area (Å²) in [6.07, 6.45) is 0. The topological polar surface area (TPSA) is 15.3 Å². The maximum Gasteiger partial charge on any atom is 0.123 e. The van der Waals surface area contributed by atoms with Gasteiger partial charge in [0.1, 0.15) is 5.82 Å². The lowest BCUT2D eigenvalue weighted by Gasteiger charge is -2.16. The Hall–Kier alpha value is -1.39. The van der Waals surface area contributed by atoms with Crippen molar-refractivity contribution in [2.45, 2.75) is 6.54 Å². The van der Waals surface area contributed by atoms with Crippen LogP contribution in [-0.4, -0.2) is 25.0 Å². The van der Waals surface area contributed by atoms with Crippen molar-refractivity contribution >= 4 is 17.0 Å². The molecule has 0 saturated carbocycles. The number of nitrogens with one attached hydrogen (secondary N) is 1. The van der Waals surface area contributed by atoms with Gasteiger partial charge in [-0.05, 0) is 42.8 Å². The molecule has 4 heteroatoms. The highest BCUT2D eigenvalue weighted by molar-refractivity contribution is 7.09. The highest BCUT2D eigenvalue weighted by atomic mass is 32.1. The Balaban J connectivity index is 1.70. The Morgan fingerprint density at radius 3 is 2.67 bits per heavy atom. The number of benzene rings is 1. The standard InChI is InChI=1S/C14H17FN2S/c1-17(11-14-3-2-10-18-14)9-8-16-13-6-4-12(15)5-7-13/h2-7,10,16H,8-9,11H2,1H3. The highest BCUT2D eigenvalue weighted by Gasteiger charge is 2.00. The fraction of sp³-hybridized carbons (Fsp3) is 0.286. The largest absolute Gasteiger partial charge is 0.384 e. The van der Waals surface area contributed by atoms with Gasteiger partial charge in [0.05, 0.1) is 0 Å². The molecule has 0 atom stereocenters. The third-order valence-corrected chi connectivity index (χ3v) is 3.53. The summed E-state index contributed by atoms with van der Waals surface area (Å²) in [7, 11) is 2.10. The van der Waals surface area contributed by atoms with Crippen molar-refractivity contribution < 1.29 is 4.39 Å². The van der Waals surface area contributed by atoms with Gasteiger partial charge in [0.15, 0.2) is 0 Å². The van der Waals surface area contributed by atoms with E-state index >= 15 is 0 Å². The van der Waals surface area contributed by atoms with Crippen LogP contribution in [0.25, 0.3) is 0 Å². The normalized spacial score (nSPS) is 10.8. The van der Waals surface area contributed by atoms with Crippen molar-refractivity contribution in [2.75, 3.05) is 25.5 Å². The molecule has 0 aliphatic rings. The highest BCUT2D eigenvalue weighted by Crippen LogP contribution is 2.11. The minimum Gasteiger partial charge on any atom is -0.384 e. The zero-order chi connectivity index (χ0) is 12.8. The molecule has 1 heterocycles. The second-order valence-corrected chi connectivity index (χ2v) is 5.28. The fourth-order valence-electron chi connectivity index (χ4n) is 1.71. The summed E-state index contributed by atoms with van der Waals surface area (Å²) in [6, 6.07) is 10.7. The van der Waals surface area contributed by atoms with Gasteiger partial charge in [-0.3, -0.25) is 4.90 Å². The molecule has 1 aromatic carbocycles. The van der Waals surface area contributed by atoms with Crippen LogP contribution in [0.15, 0.2) is 41.8 Å². The molecule has 0 amide bonds. The predicted octanol–water partition coefficient (Wildman–Crippen LogP) is 3.43.